The largest absolute Gasteiger partial charge is 0.468 e. The number of halogens is 1. The van der Waals surface area contributed by atoms with Crippen LogP contribution in [0.15, 0.2) is 0 Å². The molecule has 0 aromatic heterocycles. The molecule has 0 amide bonds. The molecule has 0 radical (unpaired) electrons. The Morgan fingerprint density at radius 2 is 2.30 bits per heavy atom. The quantitative estimate of drug-likeness (QED) is 0.407. The third kappa shape index (κ3) is 3.81. The molecule has 1 unspecified atom stereocenters. The van der Waals surface area contributed by atoms with Gasteiger partial charge in [-0.3, -0.25) is 4.79 Å². The molecule has 0 aliphatic rings. The van der Waals surface area contributed by atoms with Crippen LogP contribution < -0.4 is 5.48 Å². The highest BCUT2D eigenvalue weighted by Gasteiger charge is 2.13. The monoisotopic (exact) mass is 211 g/mol. The summed E-state index contributed by atoms with van der Waals surface area (Å²) in [5, 5.41) is 0. The van der Waals surface area contributed by atoms with Crippen LogP contribution in [0.2, 0.25) is 0 Å². The standard InChI is InChI=1S/C5H10BrNO3/c1-9-5(8)4(6)3-7-10-2/h4,7H,3H2,1-2H3. The van der Waals surface area contributed by atoms with Gasteiger partial charge in [-0.25, -0.2) is 5.48 Å². The van der Waals surface area contributed by atoms with Gasteiger partial charge in [0.1, 0.15) is 4.83 Å². The van der Waals surface area contributed by atoms with Gasteiger partial charge in [0.25, 0.3) is 0 Å². The van der Waals surface area contributed by atoms with E-state index in [0.717, 1.165) is 0 Å². The van der Waals surface area contributed by atoms with Crippen molar-refractivity contribution in [3.8, 4) is 0 Å². The number of esters is 1. The number of rotatable bonds is 4. The topological polar surface area (TPSA) is 47.6 Å². The first-order chi connectivity index (χ1) is 4.72. The fourth-order valence-corrected chi connectivity index (χ4v) is 0.687. The van der Waals surface area contributed by atoms with E-state index in [0.29, 0.717) is 6.54 Å². The lowest BCUT2D eigenvalue weighted by Gasteiger charge is -2.06. The number of hydroxylamine groups is 1. The van der Waals surface area contributed by atoms with Crippen LogP contribution >= 0.6 is 15.9 Å². The maximum absolute atomic E-state index is 10.7. The molecular formula is C5H10BrNO3. The average molecular weight is 212 g/mol. The molecule has 0 spiro atoms. The lowest BCUT2D eigenvalue weighted by molar-refractivity contribution is -0.140. The number of hydrogen-bond acceptors (Lipinski definition) is 4. The van der Waals surface area contributed by atoms with Gasteiger partial charge in [0, 0.05) is 6.54 Å². The summed E-state index contributed by atoms with van der Waals surface area (Å²) >= 11 is 3.09. The maximum Gasteiger partial charge on any atom is 0.320 e. The molecule has 0 aromatic rings. The number of hydrogen-bond donors (Lipinski definition) is 1. The first kappa shape index (κ1) is 9.87. The zero-order chi connectivity index (χ0) is 7.98. The Labute approximate surface area is 68.0 Å². The van der Waals surface area contributed by atoms with Crippen LogP contribution in [0.4, 0.5) is 0 Å². The maximum atomic E-state index is 10.7. The summed E-state index contributed by atoms with van der Waals surface area (Å²) in [6, 6.07) is 0. The van der Waals surface area contributed by atoms with E-state index < -0.39 is 0 Å². The van der Waals surface area contributed by atoms with Gasteiger partial charge >= 0.3 is 5.97 Å². The predicted molar refractivity (Wildman–Crippen MR) is 39.7 cm³/mol. The van der Waals surface area contributed by atoms with E-state index in [1.807, 2.05) is 0 Å². The minimum absolute atomic E-state index is 0.315. The van der Waals surface area contributed by atoms with E-state index in [1.165, 1.54) is 14.2 Å². The Morgan fingerprint density at radius 1 is 1.70 bits per heavy atom. The van der Waals surface area contributed by atoms with Crippen LogP contribution in [0.1, 0.15) is 0 Å². The van der Waals surface area contributed by atoms with Gasteiger partial charge in [0.15, 0.2) is 0 Å². The fraction of sp³-hybridized carbons (Fsp3) is 0.800. The van der Waals surface area contributed by atoms with Crippen molar-refractivity contribution >= 4 is 21.9 Å². The highest BCUT2D eigenvalue weighted by molar-refractivity contribution is 9.10. The summed E-state index contributed by atoms with van der Waals surface area (Å²) in [7, 11) is 2.82. The molecule has 0 saturated heterocycles. The molecular weight excluding hydrogens is 202 g/mol. The van der Waals surface area contributed by atoms with Crippen molar-refractivity contribution in [3.05, 3.63) is 0 Å². The van der Waals surface area contributed by atoms with Gasteiger partial charge in [-0.1, -0.05) is 15.9 Å². The Kier molecular flexibility index (Phi) is 5.57. The number of nitrogens with one attached hydrogen (secondary N) is 1. The van der Waals surface area contributed by atoms with Crippen molar-refractivity contribution < 1.29 is 14.4 Å². The molecule has 0 aliphatic carbocycles. The average Bonchev–Trinajstić information content (AvgIpc) is 1.98. The van der Waals surface area contributed by atoms with Gasteiger partial charge in [0.05, 0.1) is 14.2 Å². The van der Waals surface area contributed by atoms with Gasteiger partial charge in [0.2, 0.25) is 0 Å². The summed E-state index contributed by atoms with van der Waals surface area (Å²) in [6.45, 7) is 0.392. The Hall–Kier alpha value is -0.130. The molecule has 0 heterocycles. The van der Waals surface area contributed by atoms with E-state index >= 15 is 0 Å². The second-order valence-electron chi connectivity index (χ2n) is 1.54. The van der Waals surface area contributed by atoms with Gasteiger partial charge in [-0.2, -0.15) is 0 Å². The van der Waals surface area contributed by atoms with Crippen molar-refractivity contribution in [2.45, 2.75) is 4.83 Å². The summed E-state index contributed by atoms with van der Waals surface area (Å²) in [5.41, 5.74) is 2.52. The molecule has 0 bridgehead atoms. The van der Waals surface area contributed by atoms with Crippen LogP contribution in [-0.4, -0.2) is 31.6 Å². The van der Waals surface area contributed by atoms with Crippen molar-refractivity contribution in [2.75, 3.05) is 20.8 Å². The van der Waals surface area contributed by atoms with Gasteiger partial charge in [-0.05, 0) is 0 Å². The second kappa shape index (κ2) is 5.64. The van der Waals surface area contributed by atoms with E-state index in [4.69, 9.17) is 0 Å². The van der Waals surface area contributed by atoms with Crippen molar-refractivity contribution in [2.24, 2.45) is 0 Å². The minimum atomic E-state index is -0.350. The summed E-state index contributed by atoms with van der Waals surface area (Å²) in [6.07, 6.45) is 0. The van der Waals surface area contributed by atoms with E-state index in [1.54, 1.807) is 0 Å². The lowest BCUT2D eigenvalue weighted by Crippen LogP contribution is -2.28. The zero-order valence-electron chi connectivity index (χ0n) is 5.89. The first-order valence-electron chi connectivity index (χ1n) is 2.70. The highest BCUT2D eigenvalue weighted by atomic mass is 79.9. The normalized spacial score (nSPS) is 12.7. The molecule has 0 rings (SSSR count). The van der Waals surface area contributed by atoms with E-state index in [9.17, 15) is 4.79 Å². The number of methoxy groups -OCH3 is 1. The summed E-state index contributed by atoms with van der Waals surface area (Å²) < 4.78 is 4.43. The van der Waals surface area contributed by atoms with Crippen LogP contribution in [0.25, 0.3) is 0 Å². The molecule has 0 saturated carbocycles. The molecule has 0 aromatic carbocycles. The van der Waals surface area contributed by atoms with E-state index in [-0.39, 0.29) is 10.8 Å². The smallest absolute Gasteiger partial charge is 0.320 e. The SMILES string of the molecule is CONCC(Br)C(=O)OC. The van der Waals surface area contributed by atoms with Crippen molar-refractivity contribution in [3.63, 3.8) is 0 Å². The molecule has 0 aliphatic heterocycles. The van der Waals surface area contributed by atoms with Crippen LogP contribution in [0, 0.1) is 0 Å². The molecule has 4 nitrogen and oxygen atoms in total. The summed E-state index contributed by atoms with van der Waals surface area (Å²) in [4.78, 5) is 14.8. The van der Waals surface area contributed by atoms with Crippen LogP contribution in [0.3, 0.4) is 0 Å². The fourth-order valence-electron chi connectivity index (χ4n) is 0.368. The van der Waals surface area contributed by atoms with Crippen LogP contribution in [0.5, 0.6) is 0 Å². The second-order valence-corrected chi connectivity index (χ2v) is 2.65. The zero-order valence-corrected chi connectivity index (χ0v) is 7.47. The number of carbonyl (C=O) groups is 1. The Balaban J connectivity index is 3.41. The molecule has 60 valence electrons. The molecule has 10 heavy (non-hydrogen) atoms. The van der Waals surface area contributed by atoms with E-state index in [2.05, 4.69) is 31.0 Å². The summed E-state index contributed by atoms with van der Waals surface area (Å²) in [5.74, 6) is -0.315. The lowest BCUT2D eigenvalue weighted by atomic mass is 10.4. The third-order valence-corrected chi connectivity index (χ3v) is 1.56. The molecule has 5 heteroatoms. The number of carbonyl (C=O) groups excluding carboxylic acids is 1. The Bertz CT molecular complexity index is 109. The molecule has 0 fully saturated rings. The van der Waals surface area contributed by atoms with Crippen molar-refractivity contribution in [1.29, 1.82) is 0 Å². The number of alkyl halides is 1. The van der Waals surface area contributed by atoms with Gasteiger partial charge < -0.3 is 9.57 Å². The Morgan fingerprint density at radius 3 is 2.70 bits per heavy atom. The van der Waals surface area contributed by atoms with Crippen molar-refractivity contribution in [1.82, 2.24) is 5.48 Å². The number of ether oxygens (including phenoxy) is 1. The third-order valence-electron chi connectivity index (χ3n) is 0.864. The van der Waals surface area contributed by atoms with Crippen LogP contribution in [-0.2, 0) is 14.4 Å². The predicted octanol–water partition coefficient (Wildman–Crippen LogP) is 0.0739. The van der Waals surface area contributed by atoms with Gasteiger partial charge in [-0.15, -0.1) is 0 Å². The molecule has 1 N–H and O–H groups in total. The highest BCUT2D eigenvalue weighted by Crippen LogP contribution is 1.98. The minimum Gasteiger partial charge on any atom is -0.468 e. The first-order valence-corrected chi connectivity index (χ1v) is 3.61. The molecule has 1 atom stereocenters.